The molecular formula is C15H16FNO. The number of ether oxygens (including phenoxy) is 1. The number of hydrogen-bond donors (Lipinski definition) is 1. The van der Waals surface area contributed by atoms with E-state index in [9.17, 15) is 4.39 Å². The molecule has 2 nitrogen and oxygen atoms in total. The Kier molecular flexibility index (Phi) is 3.63. The van der Waals surface area contributed by atoms with Crippen molar-refractivity contribution in [3.05, 3.63) is 53.8 Å². The summed E-state index contributed by atoms with van der Waals surface area (Å²) in [6.07, 6.45) is 0. The van der Waals surface area contributed by atoms with E-state index in [1.54, 1.807) is 6.07 Å². The van der Waals surface area contributed by atoms with Crippen LogP contribution in [0.2, 0.25) is 0 Å². The SMILES string of the molecule is COc1ccc(-c2cccc(C(C)N)c2)cc1F. The third-order valence-corrected chi connectivity index (χ3v) is 2.90. The normalized spacial score (nSPS) is 12.2. The van der Waals surface area contributed by atoms with Crippen molar-refractivity contribution in [2.24, 2.45) is 5.73 Å². The van der Waals surface area contributed by atoms with Crippen molar-refractivity contribution in [1.82, 2.24) is 0 Å². The van der Waals surface area contributed by atoms with Gasteiger partial charge in [-0.2, -0.15) is 0 Å². The van der Waals surface area contributed by atoms with E-state index in [0.717, 1.165) is 16.7 Å². The van der Waals surface area contributed by atoms with Gasteiger partial charge in [0.05, 0.1) is 7.11 Å². The summed E-state index contributed by atoms with van der Waals surface area (Å²) in [6.45, 7) is 1.92. The Morgan fingerprint density at radius 3 is 2.44 bits per heavy atom. The fraction of sp³-hybridized carbons (Fsp3) is 0.200. The average molecular weight is 245 g/mol. The smallest absolute Gasteiger partial charge is 0.165 e. The fourth-order valence-electron chi connectivity index (χ4n) is 1.85. The van der Waals surface area contributed by atoms with Crippen LogP contribution in [0.1, 0.15) is 18.5 Å². The molecule has 2 aromatic carbocycles. The molecule has 2 aromatic rings. The molecule has 0 aliphatic heterocycles. The number of halogens is 1. The predicted molar refractivity (Wildman–Crippen MR) is 71.0 cm³/mol. The summed E-state index contributed by atoms with van der Waals surface area (Å²) in [5.74, 6) is -0.108. The number of rotatable bonds is 3. The minimum Gasteiger partial charge on any atom is -0.494 e. The Balaban J connectivity index is 2.42. The highest BCUT2D eigenvalue weighted by Gasteiger charge is 2.06. The molecule has 18 heavy (non-hydrogen) atoms. The van der Waals surface area contributed by atoms with E-state index in [0.29, 0.717) is 0 Å². The van der Waals surface area contributed by atoms with Gasteiger partial charge in [0.2, 0.25) is 0 Å². The van der Waals surface area contributed by atoms with Gasteiger partial charge in [-0.1, -0.05) is 24.3 Å². The Labute approximate surface area is 106 Å². The van der Waals surface area contributed by atoms with Crippen LogP contribution in [0.4, 0.5) is 4.39 Å². The van der Waals surface area contributed by atoms with Crippen LogP contribution in [-0.2, 0) is 0 Å². The molecule has 1 unspecified atom stereocenters. The van der Waals surface area contributed by atoms with Crippen molar-refractivity contribution in [2.75, 3.05) is 7.11 Å². The Hall–Kier alpha value is -1.87. The van der Waals surface area contributed by atoms with E-state index in [1.807, 2.05) is 37.3 Å². The molecule has 0 amide bonds. The van der Waals surface area contributed by atoms with Crippen LogP contribution in [-0.4, -0.2) is 7.11 Å². The second kappa shape index (κ2) is 5.19. The fourth-order valence-corrected chi connectivity index (χ4v) is 1.85. The lowest BCUT2D eigenvalue weighted by Gasteiger charge is -2.09. The van der Waals surface area contributed by atoms with E-state index < -0.39 is 0 Å². The standard InChI is InChI=1S/C15H16FNO/c1-10(17)11-4-3-5-12(8-11)13-6-7-15(18-2)14(16)9-13/h3-10H,17H2,1-2H3. The van der Waals surface area contributed by atoms with Crippen molar-refractivity contribution in [3.63, 3.8) is 0 Å². The zero-order chi connectivity index (χ0) is 13.1. The Morgan fingerprint density at radius 2 is 1.83 bits per heavy atom. The summed E-state index contributed by atoms with van der Waals surface area (Å²) in [5.41, 5.74) is 8.64. The van der Waals surface area contributed by atoms with Crippen LogP contribution < -0.4 is 10.5 Å². The largest absolute Gasteiger partial charge is 0.494 e. The zero-order valence-electron chi connectivity index (χ0n) is 10.5. The van der Waals surface area contributed by atoms with Crippen molar-refractivity contribution in [1.29, 1.82) is 0 Å². The lowest BCUT2D eigenvalue weighted by Crippen LogP contribution is -2.04. The summed E-state index contributed by atoms with van der Waals surface area (Å²) in [6, 6.07) is 12.7. The van der Waals surface area contributed by atoms with E-state index in [4.69, 9.17) is 10.5 Å². The average Bonchev–Trinajstić information content (AvgIpc) is 2.38. The molecule has 0 spiro atoms. The highest BCUT2D eigenvalue weighted by molar-refractivity contribution is 5.65. The second-order valence-electron chi connectivity index (χ2n) is 4.26. The van der Waals surface area contributed by atoms with Gasteiger partial charge in [-0.05, 0) is 41.8 Å². The first-order chi connectivity index (χ1) is 8.61. The second-order valence-corrected chi connectivity index (χ2v) is 4.26. The van der Waals surface area contributed by atoms with Gasteiger partial charge in [-0.25, -0.2) is 4.39 Å². The molecule has 2 rings (SSSR count). The summed E-state index contributed by atoms with van der Waals surface area (Å²) < 4.78 is 18.5. The number of methoxy groups -OCH3 is 1. The molecule has 0 bridgehead atoms. The summed E-state index contributed by atoms with van der Waals surface area (Å²) in [7, 11) is 1.45. The van der Waals surface area contributed by atoms with Crippen molar-refractivity contribution < 1.29 is 9.13 Å². The molecular weight excluding hydrogens is 229 g/mol. The molecule has 0 fully saturated rings. The van der Waals surface area contributed by atoms with Crippen LogP contribution in [0.15, 0.2) is 42.5 Å². The molecule has 0 radical (unpaired) electrons. The molecule has 0 saturated heterocycles. The van der Waals surface area contributed by atoms with E-state index in [-0.39, 0.29) is 17.6 Å². The zero-order valence-corrected chi connectivity index (χ0v) is 10.5. The summed E-state index contributed by atoms with van der Waals surface area (Å²) >= 11 is 0. The van der Waals surface area contributed by atoms with Gasteiger partial charge in [-0.15, -0.1) is 0 Å². The van der Waals surface area contributed by atoms with Crippen LogP contribution in [0, 0.1) is 5.82 Å². The third kappa shape index (κ3) is 2.51. The van der Waals surface area contributed by atoms with Gasteiger partial charge in [0.1, 0.15) is 0 Å². The van der Waals surface area contributed by atoms with Gasteiger partial charge < -0.3 is 10.5 Å². The van der Waals surface area contributed by atoms with Crippen LogP contribution in [0.5, 0.6) is 5.75 Å². The van der Waals surface area contributed by atoms with Crippen molar-refractivity contribution >= 4 is 0 Å². The van der Waals surface area contributed by atoms with E-state index >= 15 is 0 Å². The lowest BCUT2D eigenvalue weighted by molar-refractivity contribution is 0.386. The quantitative estimate of drug-likeness (QED) is 0.898. The molecule has 3 heteroatoms. The van der Waals surface area contributed by atoms with Crippen LogP contribution in [0.3, 0.4) is 0 Å². The summed E-state index contributed by atoms with van der Waals surface area (Å²) in [5, 5.41) is 0. The Morgan fingerprint density at radius 1 is 1.11 bits per heavy atom. The van der Waals surface area contributed by atoms with E-state index in [1.165, 1.54) is 13.2 Å². The number of benzene rings is 2. The third-order valence-electron chi connectivity index (χ3n) is 2.90. The minimum absolute atomic E-state index is 0.0342. The van der Waals surface area contributed by atoms with Gasteiger partial charge in [0.25, 0.3) is 0 Å². The molecule has 0 heterocycles. The molecule has 0 saturated carbocycles. The maximum absolute atomic E-state index is 13.6. The van der Waals surface area contributed by atoms with Crippen molar-refractivity contribution in [3.8, 4) is 16.9 Å². The van der Waals surface area contributed by atoms with Gasteiger partial charge >= 0.3 is 0 Å². The number of nitrogens with two attached hydrogens (primary N) is 1. The minimum atomic E-state index is -0.360. The monoisotopic (exact) mass is 245 g/mol. The van der Waals surface area contributed by atoms with Crippen LogP contribution in [0.25, 0.3) is 11.1 Å². The first kappa shape index (κ1) is 12.6. The topological polar surface area (TPSA) is 35.2 Å². The van der Waals surface area contributed by atoms with Crippen LogP contribution >= 0.6 is 0 Å². The highest BCUT2D eigenvalue weighted by atomic mass is 19.1. The van der Waals surface area contributed by atoms with Gasteiger partial charge in [0.15, 0.2) is 11.6 Å². The summed E-state index contributed by atoms with van der Waals surface area (Å²) in [4.78, 5) is 0. The molecule has 0 aliphatic rings. The van der Waals surface area contributed by atoms with E-state index in [2.05, 4.69) is 0 Å². The van der Waals surface area contributed by atoms with Crippen molar-refractivity contribution in [2.45, 2.75) is 13.0 Å². The maximum atomic E-state index is 13.6. The van der Waals surface area contributed by atoms with Gasteiger partial charge in [0, 0.05) is 6.04 Å². The lowest BCUT2D eigenvalue weighted by atomic mass is 10.0. The molecule has 1 atom stereocenters. The predicted octanol–water partition coefficient (Wildman–Crippen LogP) is 3.52. The number of hydrogen-bond acceptors (Lipinski definition) is 2. The Bertz CT molecular complexity index is 552. The molecule has 0 aliphatic carbocycles. The molecule has 0 aromatic heterocycles. The highest BCUT2D eigenvalue weighted by Crippen LogP contribution is 2.26. The first-order valence-electron chi connectivity index (χ1n) is 5.81. The van der Waals surface area contributed by atoms with Gasteiger partial charge in [-0.3, -0.25) is 0 Å². The molecule has 2 N–H and O–H groups in total. The first-order valence-corrected chi connectivity index (χ1v) is 5.81. The molecule has 94 valence electrons. The maximum Gasteiger partial charge on any atom is 0.165 e.